The predicted octanol–water partition coefficient (Wildman–Crippen LogP) is 0.627. The van der Waals surface area contributed by atoms with Gasteiger partial charge in [0.05, 0.1) is 0 Å². The van der Waals surface area contributed by atoms with E-state index < -0.39 is 11.5 Å². The average molecular weight is 228 g/mol. The van der Waals surface area contributed by atoms with Gasteiger partial charge in [-0.1, -0.05) is 12.8 Å². The van der Waals surface area contributed by atoms with Crippen molar-refractivity contribution < 1.29 is 14.7 Å². The second-order valence-electron chi connectivity index (χ2n) is 4.66. The molecule has 0 radical (unpaired) electrons. The van der Waals surface area contributed by atoms with Gasteiger partial charge in [-0.25, -0.2) is 4.79 Å². The molecule has 5 heteroatoms. The first-order valence-corrected chi connectivity index (χ1v) is 5.76. The number of carboxylic acid groups (broad SMARTS) is 1. The van der Waals surface area contributed by atoms with Crippen LogP contribution < -0.4 is 11.1 Å². The molecule has 0 spiro atoms. The van der Waals surface area contributed by atoms with Crippen LogP contribution in [-0.4, -0.2) is 28.6 Å². The van der Waals surface area contributed by atoms with Gasteiger partial charge in [0, 0.05) is 12.5 Å². The Balaban J connectivity index is 2.49. The summed E-state index contributed by atoms with van der Waals surface area (Å²) in [6, 6.07) is -0.0323. The summed E-state index contributed by atoms with van der Waals surface area (Å²) in [4.78, 5) is 22.7. The van der Waals surface area contributed by atoms with E-state index in [1.807, 2.05) is 6.92 Å². The highest BCUT2D eigenvalue weighted by molar-refractivity contribution is 5.87. The molecule has 1 unspecified atom stereocenters. The fourth-order valence-electron chi connectivity index (χ4n) is 2.06. The molecule has 0 saturated heterocycles. The molecule has 0 aromatic rings. The van der Waals surface area contributed by atoms with Crippen molar-refractivity contribution in [3.05, 3.63) is 0 Å². The van der Waals surface area contributed by atoms with Crippen LogP contribution in [0.15, 0.2) is 0 Å². The largest absolute Gasteiger partial charge is 0.480 e. The molecule has 0 bridgehead atoms. The molecule has 5 nitrogen and oxygen atoms in total. The van der Waals surface area contributed by atoms with Gasteiger partial charge in [-0.05, 0) is 26.2 Å². The Morgan fingerprint density at radius 1 is 1.44 bits per heavy atom. The maximum atomic E-state index is 11.6. The first kappa shape index (κ1) is 13.0. The van der Waals surface area contributed by atoms with Crippen molar-refractivity contribution in [3.8, 4) is 0 Å². The third kappa shape index (κ3) is 3.20. The molecule has 1 fully saturated rings. The molecule has 1 amide bonds. The van der Waals surface area contributed by atoms with E-state index in [2.05, 4.69) is 5.32 Å². The molecule has 1 saturated carbocycles. The molecular formula is C11H20N2O3. The molecule has 4 N–H and O–H groups in total. The molecule has 1 rings (SSSR count). The van der Waals surface area contributed by atoms with Crippen LogP contribution in [0.25, 0.3) is 0 Å². The van der Waals surface area contributed by atoms with Gasteiger partial charge >= 0.3 is 5.97 Å². The van der Waals surface area contributed by atoms with Gasteiger partial charge in [-0.2, -0.15) is 0 Å². The molecule has 0 aromatic heterocycles. The van der Waals surface area contributed by atoms with Crippen molar-refractivity contribution in [2.45, 2.75) is 57.0 Å². The number of hydrogen-bond donors (Lipinski definition) is 3. The number of aliphatic carboxylic acids is 1. The molecule has 16 heavy (non-hydrogen) atoms. The highest BCUT2D eigenvalue weighted by Gasteiger charge is 2.42. The number of nitrogens with two attached hydrogens (primary N) is 1. The highest BCUT2D eigenvalue weighted by Crippen LogP contribution is 2.30. The first-order valence-electron chi connectivity index (χ1n) is 5.76. The molecule has 1 aliphatic carbocycles. The van der Waals surface area contributed by atoms with Gasteiger partial charge in [0.2, 0.25) is 5.91 Å². The average Bonchev–Trinajstić information content (AvgIpc) is 2.64. The van der Waals surface area contributed by atoms with Crippen molar-refractivity contribution in [2.24, 2.45) is 5.73 Å². The Labute approximate surface area is 95.4 Å². The number of hydrogen-bond acceptors (Lipinski definition) is 3. The number of carboxylic acids is 1. The van der Waals surface area contributed by atoms with Crippen LogP contribution in [0.2, 0.25) is 0 Å². The lowest BCUT2D eigenvalue weighted by Crippen LogP contribution is -2.52. The predicted molar refractivity (Wildman–Crippen MR) is 59.9 cm³/mol. The molecular weight excluding hydrogens is 208 g/mol. The van der Waals surface area contributed by atoms with Gasteiger partial charge < -0.3 is 16.2 Å². The molecule has 0 heterocycles. The summed E-state index contributed by atoms with van der Waals surface area (Å²) in [5, 5.41) is 11.8. The summed E-state index contributed by atoms with van der Waals surface area (Å²) < 4.78 is 0. The summed E-state index contributed by atoms with van der Waals surface area (Å²) in [5.74, 6) is -1.12. The molecule has 92 valence electrons. The van der Waals surface area contributed by atoms with E-state index in [0.717, 1.165) is 12.8 Å². The van der Waals surface area contributed by atoms with Crippen LogP contribution in [0, 0.1) is 0 Å². The van der Waals surface area contributed by atoms with Crippen LogP contribution in [0.5, 0.6) is 0 Å². The summed E-state index contributed by atoms with van der Waals surface area (Å²) in [5.41, 5.74) is 4.53. The Kier molecular flexibility index (Phi) is 4.29. The fraction of sp³-hybridized carbons (Fsp3) is 0.818. The fourth-order valence-corrected chi connectivity index (χ4v) is 2.06. The zero-order chi connectivity index (χ0) is 12.2. The standard InChI is InChI=1S/C11H20N2O3/c1-8(12)4-5-9(14)13-11(10(15)16)6-2-3-7-11/h8H,2-7,12H2,1H3,(H,13,14)(H,15,16). The monoisotopic (exact) mass is 228 g/mol. The normalized spacial score (nSPS) is 20.4. The molecule has 1 atom stereocenters. The third-order valence-electron chi connectivity index (χ3n) is 3.07. The van der Waals surface area contributed by atoms with Crippen LogP contribution in [0.3, 0.4) is 0 Å². The van der Waals surface area contributed by atoms with Crippen LogP contribution in [0.4, 0.5) is 0 Å². The second-order valence-corrected chi connectivity index (χ2v) is 4.66. The smallest absolute Gasteiger partial charge is 0.329 e. The van der Waals surface area contributed by atoms with Crippen LogP contribution in [0.1, 0.15) is 45.4 Å². The zero-order valence-electron chi connectivity index (χ0n) is 9.66. The SMILES string of the molecule is CC(N)CCC(=O)NC1(C(=O)O)CCCC1. The summed E-state index contributed by atoms with van der Waals surface area (Å²) in [6.45, 7) is 1.83. The first-order chi connectivity index (χ1) is 7.46. The Bertz CT molecular complexity index is 270. The Morgan fingerprint density at radius 2 is 2.00 bits per heavy atom. The van der Waals surface area contributed by atoms with Gasteiger partial charge in [0.15, 0.2) is 0 Å². The molecule has 0 aromatic carbocycles. The van der Waals surface area contributed by atoms with E-state index >= 15 is 0 Å². The topological polar surface area (TPSA) is 92.4 Å². The minimum Gasteiger partial charge on any atom is -0.480 e. The highest BCUT2D eigenvalue weighted by atomic mass is 16.4. The van der Waals surface area contributed by atoms with Gasteiger partial charge in [-0.15, -0.1) is 0 Å². The lowest BCUT2D eigenvalue weighted by Gasteiger charge is -2.25. The lowest BCUT2D eigenvalue weighted by molar-refractivity contribution is -0.147. The minimum absolute atomic E-state index is 0.0323. The minimum atomic E-state index is -1.02. The number of rotatable bonds is 5. The van der Waals surface area contributed by atoms with Crippen LogP contribution >= 0.6 is 0 Å². The summed E-state index contributed by atoms with van der Waals surface area (Å²) in [7, 11) is 0. The maximum Gasteiger partial charge on any atom is 0.329 e. The van der Waals surface area contributed by atoms with Gasteiger partial charge in [0.1, 0.15) is 5.54 Å². The zero-order valence-corrected chi connectivity index (χ0v) is 9.66. The molecule has 0 aliphatic heterocycles. The quantitative estimate of drug-likeness (QED) is 0.643. The number of nitrogens with one attached hydrogen (secondary N) is 1. The van der Waals surface area contributed by atoms with Gasteiger partial charge in [-0.3, -0.25) is 4.79 Å². The van der Waals surface area contributed by atoms with Crippen molar-refractivity contribution >= 4 is 11.9 Å². The van der Waals surface area contributed by atoms with Crippen LogP contribution in [-0.2, 0) is 9.59 Å². The van der Waals surface area contributed by atoms with Crippen molar-refractivity contribution in [1.82, 2.24) is 5.32 Å². The Morgan fingerprint density at radius 3 is 2.44 bits per heavy atom. The second kappa shape index (κ2) is 5.30. The number of amides is 1. The van der Waals surface area contributed by atoms with Gasteiger partial charge in [0.25, 0.3) is 0 Å². The van der Waals surface area contributed by atoms with Crippen molar-refractivity contribution in [3.63, 3.8) is 0 Å². The Hall–Kier alpha value is -1.10. The van der Waals surface area contributed by atoms with E-state index in [1.165, 1.54) is 0 Å². The van der Waals surface area contributed by atoms with E-state index in [1.54, 1.807) is 0 Å². The lowest BCUT2D eigenvalue weighted by atomic mass is 9.97. The van der Waals surface area contributed by atoms with E-state index in [4.69, 9.17) is 10.8 Å². The van der Waals surface area contributed by atoms with Crippen molar-refractivity contribution in [1.29, 1.82) is 0 Å². The molecule has 1 aliphatic rings. The number of carbonyl (C=O) groups excluding carboxylic acids is 1. The number of carbonyl (C=O) groups is 2. The summed E-state index contributed by atoms with van der Waals surface area (Å²) >= 11 is 0. The summed E-state index contributed by atoms with van der Waals surface area (Å²) in [6.07, 6.45) is 3.67. The van der Waals surface area contributed by atoms with Crippen molar-refractivity contribution in [2.75, 3.05) is 0 Å². The van der Waals surface area contributed by atoms with E-state index in [9.17, 15) is 9.59 Å². The van der Waals surface area contributed by atoms with E-state index in [0.29, 0.717) is 25.7 Å². The van der Waals surface area contributed by atoms with E-state index in [-0.39, 0.29) is 11.9 Å². The third-order valence-corrected chi connectivity index (χ3v) is 3.07. The maximum absolute atomic E-state index is 11.6.